The van der Waals surface area contributed by atoms with E-state index in [1.165, 1.54) is 9.87 Å². The number of rotatable bonds is 5. The van der Waals surface area contributed by atoms with Gasteiger partial charge in [0.25, 0.3) is 10.2 Å². The molecule has 0 atom stereocenters. The summed E-state index contributed by atoms with van der Waals surface area (Å²) in [6, 6.07) is 16.0. The zero-order valence-electron chi connectivity index (χ0n) is 18.2. The first kappa shape index (κ1) is 21.8. The summed E-state index contributed by atoms with van der Waals surface area (Å²) in [5, 5.41) is 0. The van der Waals surface area contributed by atoms with Crippen LogP contribution in [0, 0.1) is 0 Å². The molecule has 1 saturated heterocycles. The average molecular weight is 443 g/mol. The summed E-state index contributed by atoms with van der Waals surface area (Å²) >= 11 is 0. The summed E-state index contributed by atoms with van der Waals surface area (Å²) in [7, 11) is -1.89. The highest BCUT2D eigenvalue weighted by Crippen LogP contribution is 2.27. The molecular weight excluding hydrogens is 412 g/mol. The Kier molecular flexibility index (Phi) is 6.31. The molecule has 2 aliphatic heterocycles. The van der Waals surface area contributed by atoms with Gasteiger partial charge in [0.05, 0.1) is 0 Å². The van der Waals surface area contributed by atoms with Crippen molar-refractivity contribution in [1.82, 2.24) is 13.5 Å². The molecule has 2 aromatic rings. The summed E-state index contributed by atoms with van der Waals surface area (Å²) in [4.78, 5) is 15.7. The van der Waals surface area contributed by atoms with Crippen molar-refractivity contribution in [1.29, 1.82) is 0 Å². The number of hydrogen-bond donors (Lipinski definition) is 0. The third kappa shape index (κ3) is 4.76. The van der Waals surface area contributed by atoms with Crippen LogP contribution in [-0.4, -0.2) is 67.6 Å². The molecular formula is C23H30N4O3S. The molecule has 2 aromatic carbocycles. The number of carbonyl (C=O) groups excluding carboxylic acids is 1. The van der Waals surface area contributed by atoms with Crippen LogP contribution in [0.15, 0.2) is 48.5 Å². The van der Waals surface area contributed by atoms with Crippen LogP contribution in [0.2, 0.25) is 0 Å². The summed E-state index contributed by atoms with van der Waals surface area (Å²) < 4.78 is 29.2. The largest absolute Gasteiger partial charge is 0.368 e. The zero-order valence-corrected chi connectivity index (χ0v) is 19.0. The van der Waals surface area contributed by atoms with Gasteiger partial charge in [0.15, 0.2) is 0 Å². The van der Waals surface area contributed by atoms with Crippen molar-refractivity contribution >= 4 is 21.8 Å². The highest BCUT2D eigenvalue weighted by atomic mass is 32.2. The molecule has 0 bridgehead atoms. The van der Waals surface area contributed by atoms with Gasteiger partial charge in [-0.25, -0.2) is 0 Å². The molecule has 0 N–H and O–H groups in total. The van der Waals surface area contributed by atoms with Gasteiger partial charge in [-0.2, -0.15) is 17.0 Å². The van der Waals surface area contributed by atoms with E-state index in [-0.39, 0.29) is 5.91 Å². The Morgan fingerprint density at radius 1 is 0.968 bits per heavy atom. The van der Waals surface area contributed by atoms with Gasteiger partial charge in [-0.3, -0.25) is 4.79 Å². The van der Waals surface area contributed by atoms with Crippen LogP contribution in [0.25, 0.3) is 0 Å². The molecule has 1 fully saturated rings. The van der Waals surface area contributed by atoms with Crippen LogP contribution >= 0.6 is 0 Å². The second kappa shape index (κ2) is 8.98. The Balaban J connectivity index is 1.42. The van der Waals surface area contributed by atoms with E-state index in [1.54, 1.807) is 18.3 Å². The number of hydrogen-bond acceptors (Lipinski definition) is 4. The SMILES string of the molecule is CC(=O)N1CCN(c2ccc3c(c2)CCN(S(=O)(=O)N(C)Cc2ccccc2)C3)CC1. The third-order valence-corrected chi connectivity index (χ3v) is 8.11. The lowest BCUT2D eigenvalue weighted by Gasteiger charge is -2.36. The Morgan fingerprint density at radius 2 is 1.68 bits per heavy atom. The van der Waals surface area contributed by atoms with Gasteiger partial charge < -0.3 is 9.80 Å². The standard InChI is InChI=1S/C23H30N4O3S/c1-19(28)25-12-14-26(15-13-25)23-9-8-22-18-27(11-10-21(22)16-23)31(29,30)24(2)17-20-6-4-3-5-7-20/h3-9,16H,10-15,17-18H2,1-2H3. The van der Waals surface area contributed by atoms with E-state index < -0.39 is 10.2 Å². The average Bonchev–Trinajstić information content (AvgIpc) is 2.79. The number of amides is 1. The van der Waals surface area contributed by atoms with Crippen molar-refractivity contribution < 1.29 is 13.2 Å². The molecule has 0 aromatic heterocycles. The Labute approximate surface area is 185 Å². The van der Waals surface area contributed by atoms with Gasteiger partial charge in [0.1, 0.15) is 0 Å². The molecule has 0 saturated carbocycles. The molecule has 0 aliphatic carbocycles. The monoisotopic (exact) mass is 442 g/mol. The topological polar surface area (TPSA) is 64.2 Å². The number of nitrogens with zero attached hydrogens (tertiary/aromatic N) is 4. The molecule has 7 nitrogen and oxygen atoms in total. The molecule has 31 heavy (non-hydrogen) atoms. The van der Waals surface area contributed by atoms with Crippen molar-refractivity contribution in [3.05, 3.63) is 65.2 Å². The fraction of sp³-hybridized carbons (Fsp3) is 0.435. The summed E-state index contributed by atoms with van der Waals surface area (Å²) in [6.45, 7) is 5.99. The normalized spacial score (nSPS) is 17.6. The maximum Gasteiger partial charge on any atom is 0.282 e. The summed E-state index contributed by atoms with van der Waals surface area (Å²) in [6.07, 6.45) is 0.703. The second-order valence-corrected chi connectivity index (χ2v) is 10.3. The number of anilines is 1. The Morgan fingerprint density at radius 3 is 2.35 bits per heavy atom. The van der Waals surface area contributed by atoms with Gasteiger partial charge >= 0.3 is 0 Å². The van der Waals surface area contributed by atoms with E-state index in [0.717, 1.165) is 43.0 Å². The first-order valence-electron chi connectivity index (χ1n) is 10.7. The van der Waals surface area contributed by atoms with Gasteiger partial charge in [-0.05, 0) is 35.2 Å². The molecule has 0 spiro atoms. The Hall–Kier alpha value is -2.42. The fourth-order valence-corrected chi connectivity index (χ4v) is 5.64. The van der Waals surface area contributed by atoms with E-state index >= 15 is 0 Å². The van der Waals surface area contributed by atoms with Crippen LogP contribution < -0.4 is 4.90 Å². The van der Waals surface area contributed by atoms with Crippen LogP contribution in [0.1, 0.15) is 23.6 Å². The van der Waals surface area contributed by atoms with Crippen molar-refractivity contribution in [2.45, 2.75) is 26.4 Å². The van der Waals surface area contributed by atoms with E-state index in [4.69, 9.17) is 0 Å². The van der Waals surface area contributed by atoms with Crippen molar-refractivity contribution in [2.24, 2.45) is 0 Å². The smallest absolute Gasteiger partial charge is 0.282 e. The predicted octanol–water partition coefficient (Wildman–Crippen LogP) is 2.09. The van der Waals surface area contributed by atoms with Gasteiger partial charge in [-0.15, -0.1) is 0 Å². The van der Waals surface area contributed by atoms with E-state index in [2.05, 4.69) is 23.1 Å². The number of piperazine rings is 1. The van der Waals surface area contributed by atoms with Crippen LogP contribution in [0.3, 0.4) is 0 Å². The molecule has 8 heteroatoms. The maximum atomic E-state index is 13.1. The van der Waals surface area contributed by atoms with Crippen LogP contribution in [-0.2, 0) is 34.5 Å². The first-order chi connectivity index (χ1) is 14.8. The lowest BCUT2D eigenvalue weighted by Crippen LogP contribution is -2.48. The molecule has 1 amide bonds. The second-order valence-electron chi connectivity index (χ2n) is 8.28. The molecule has 4 rings (SSSR count). The van der Waals surface area contributed by atoms with Crippen molar-refractivity contribution in [2.75, 3.05) is 44.7 Å². The number of carbonyl (C=O) groups is 1. The molecule has 2 heterocycles. The van der Waals surface area contributed by atoms with Gasteiger partial charge in [-0.1, -0.05) is 36.4 Å². The highest BCUT2D eigenvalue weighted by Gasteiger charge is 2.30. The summed E-state index contributed by atoms with van der Waals surface area (Å²) in [5.41, 5.74) is 4.40. The van der Waals surface area contributed by atoms with Crippen LogP contribution in [0.4, 0.5) is 5.69 Å². The van der Waals surface area contributed by atoms with Gasteiger partial charge in [0.2, 0.25) is 5.91 Å². The lowest BCUT2D eigenvalue weighted by molar-refractivity contribution is -0.129. The minimum absolute atomic E-state index is 0.128. The Bertz CT molecular complexity index is 1030. The lowest BCUT2D eigenvalue weighted by atomic mass is 10.00. The minimum Gasteiger partial charge on any atom is -0.368 e. The van der Waals surface area contributed by atoms with Crippen molar-refractivity contribution in [3.63, 3.8) is 0 Å². The maximum absolute atomic E-state index is 13.1. The number of fused-ring (bicyclic) bond motifs is 1. The van der Waals surface area contributed by atoms with Crippen LogP contribution in [0.5, 0.6) is 0 Å². The highest BCUT2D eigenvalue weighted by molar-refractivity contribution is 7.86. The molecule has 166 valence electrons. The zero-order chi connectivity index (χ0) is 22.0. The quantitative estimate of drug-likeness (QED) is 0.711. The van der Waals surface area contributed by atoms with E-state index in [1.807, 2.05) is 35.2 Å². The molecule has 0 radical (unpaired) electrons. The number of benzene rings is 2. The fourth-order valence-electron chi connectivity index (χ4n) is 4.31. The molecule has 2 aliphatic rings. The summed E-state index contributed by atoms with van der Waals surface area (Å²) in [5.74, 6) is 0.128. The molecule has 0 unspecified atom stereocenters. The van der Waals surface area contributed by atoms with E-state index in [0.29, 0.717) is 26.1 Å². The van der Waals surface area contributed by atoms with Crippen molar-refractivity contribution in [3.8, 4) is 0 Å². The predicted molar refractivity (Wildman–Crippen MR) is 122 cm³/mol. The van der Waals surface area contributed by atoms with Gasteiger partial charge in [0, 0.05) is 65.5 Å². The van der Waals surface area contributed by atoms with E-state index in [9.17, 15) is 13.2 Å². The minimum atomic E-state index is -3.53. The first-order valence-corrected chi connectivity index (χ1v) is 12.1. The third-order valence-electron chi connectivity index (χ3n) is 6.23.